The largest absolute Gasteiger partial charge is 0.497 e. The van der Waals surface area contributed by atoms with E-state index in [1.54, 1.807) is 7.11 Å². The molecule has 4 rings (SSSR count). The van der Waals surface area contributed by atoms with Gasteiger partial charge in [0.2, 0.25) is 0 Å². The van der Waals surface area contributed by atoms with Crippen molar-refractivity contribution in [3.05, 3.63) is 69.5 Å². The number of nitrogens with one attached hydrogen (secondary N) is 2. The number of carbonyl (C=O) groups excluding carboxylic acids is 1. The first-order chi connectivity index (χ1) is 15.5. The zero-order chi connectivity index (χ0) is 22.7. The number of nitrogens with zero attached hydrogens (tertiary/aromatic N) is 1. The topological polar surface area (TPSA) is 74.4 Å². The Morgan fingerprint density at radius 3 is 2.50 bits per heavy atom. The Hall–Kier alpha value is -3.28. The third-order valence-electron chi connectivity index (χ3n) is 6.59. The summed E-state index contributed by atoms with van der Waals surface area (Å²) in [5, 5.41) is 3.99. The maximum Gasteiger partial charge on any atom is 0.322 e. The van der Waals surface area contributed by atoms with Gasteiger partial charge >= 0.3 is 6.03 Å². The van der Waals surface area contributed by atoms with Crippen LogP contribution in [0.5, 0.6) is 5.75 Å². The van der Waals surface area contributed by atoms with Crippen LogP contribution in [0.2, 0.25) is 0 Å². The van der Waals surface area contributed by atoms with Crippen molar-refractivity contribution >= 4 is 22.6 Å². The third-order valence-corrected chi connectivity index (χ3v) is 6.59. The highest BCUT2D eigenvalue weighted by atomic mass is 16.5. The fourth-order valence-corrected chi connectivity index (χ4v) is 4.50. The molecular weight excluding hydrogens is 402 g/mol. The van der Waals surface area contributed by atoms with Crippen LogP contribution in [0.4, 0.5) is 10.5 Å². The monoisotopic (exact) mass is 433 g/mol. The van der Waals surface area contributed by atoms with E-state index in [2.05, 4.69) is 16.4 Å². The van der Waals surface area contributed by atoms with Gasteiger partial charge in [-0.1, -0.05) is 31.4 Å². The van der Waals surface area contributed by atoms with Crippen molar-refractivity contribution in [3.8, 4) is 5.75 Å². The van der Waals surface area contributed by atoms with E-state index in [-0.39, 0.29) is 24.2 Å². The smallest absolute Gasteiger partial charge is 0.322 e. The molecule has 2 aromatic carbocycles. The molecule has 6 heteroatoms. The highest BCUT2D eigenvalue weighted by molar-refractivity contribution is 5.90. The summed E-state index contributed by atoms with van der Waals surface area (Å²) in [6, 6.07) is 13.2. The van der Waals surface area contributed by atoms with E-state index >= 15 is 0 Å². The molecule has 0 atom stereocenters. The summed E-state index contributed by atoms with van der Waals surface area (Å²) in [4.78, 5) is 31.1. The van der Waals surface area contributed by atoms with Gasteiger partial charge in [0.05, 0.1) is 19.2 Å². The van der Waals surface area contributed by atoms with Crippen LogP contribution in [-0.4, -0.2) is 29.1 Å². The van der Waals surface area contributed by atoms with Gasteiger partial charge in [-0.2, -0.15) is 0 Å². The Bertz CT molecular complexity index is 1160. The molecule has 32 heavy (non-hydrogen) atoms. The third kappa shape index (κ3) is 4.64. The second-order valence-corrected chi connectivity index (χ2v) is 8.67. The highest BCUT2D eigenvalue weighted by Crippen LogP contribution is 2.26. The summed E-state index contributed by atoms with van der Waals surface area (Å²) in [6.07, 6.45) is 5.31. The number of ether oxygens (including phenoxy) is 1. The van der Waals surface area contributed by atoms with Crippen molar-refractivity contribution in [2.45, 2.75) is 58.5 Å². The predicted octanol–water partition coefficient (Wildman–Crippen LogP) is 5.52. The van der Waals surface area contributed by atoms with E-state index in [4.69, 9.17) is 4.74 Å². The number of anilines is 1. The lowest BCUT2D eigenvalue weighted by Crippen LogP contribution is -2.44. The molecule has 0 spiro atoms. The van der Waals surface area contributed by atoms with Gasteiger partial charge in [0.25, 0.3) is 5.56 Å². The summed E-state index contributed by atoms with van der Waals surface area (Å²) in [5.74, 6) is 0.736. The molecule has 0 saturated heterocycles. The predicted molar refractivity (Wildman–Crippen MR) is 128 cm³/mol. The molecule has 0 aliphatic heterocycles. The van der Waals surface area contributed by atoms with E-state index in [0.717, 1.165) is 53.5 Å². The molecule has 0 radical (unpaired) electrons. The zero-order valence-corrected chi connectivity index (χ0v) is 19.0. The van der Waals surface area contributed by atoms with E-state index in [0.29, 0.717) is 11.3 Å². The molecule has 0 bridgehead atoms. The number of aromatic amines is 1. The average Bonchev–Trinajstić information content (AvgIpc) is 2.81. The maximum atomic E-state index is 13.3. The zero-order valence-electron chi connectivity index (χ0n) is 19.0. The van der Waals surface area contributed by atoms with E-state index in [9.17, 15) is 9.59 Å². The van der Waals surface area contributed by atoms with Crippen molar-refractivity contribution in [1.29, 1.82) is 0 Å². The molecule has 1 aliphatic carbocycles. The number of methoxy groups -OCH3 is 1. The van der Waals surface area contributed by atoms with Crippen LogP contribution < -0.4 is 15.6 Å². The van der Waals surface area contributed by atoms with Crippen molar-refractivity contribution < 1.29 is 9.53 Å². The summed E-state index contributed by atoms with van der Waals surface area (Å²) in [6.45, 7) is 4.34. The molecule has 1 fully saturated rings. The molecule has 6 nitrogen and oxygen atoms in total. The molecule has 0 unspecified atom stereocenters. The molecule has 1 aliphatic rings. The van der Waals surface area contributed by atoms with E-state index in [1.807, 2.05) is 55.1 Å². The Morgan fingerprint density at radius 2 is 1.81 bits per heavy atom. The number of pyridine rings is 1. The fourth-order valence-electron chi connectivity index (χ4n) is 4.50. The van der Waals surface area contributed by atoms with Crippen LogP contribution in [0.15, 0.2) is 47.3 Å². The number of urea groups is 1. The minimum absolute atomic E-state index is 0.122. The minimum Gasteiger partial charge on any atom is -0.497 e. The summed E-state index contributed by atoms with van der Waals surface area (Å²) in [7, 11) is 1.61. The minimum atomic E-state index is -0.179. The quantitative estimate of drug-likeness (QED) is 0.556. The van der Waals surface area contributed by atoms with Gasteiger partial charge in [-0.3, -0.25) is 4.79 Å². The number of fused-ring (bicyclic) bond motifs is 1. The Morgan fingerprint density at radius 1 is 1.09 bits per heavy atom. The van der Waals surface area contributed by atoms with Gasteiger partial charge in [-0.05, 0) is 73.5 Å². The van der Waals surface area contributed by atoms with Crippen LogP contribution in [-0.2, 0) is 6.54 Å². The number of aromatic nitrogens is 1. The first kappa shape index (κ1) is 21.9. The van der Waals surface area contributed by atoms with Gasteiger partial charge < -0.3 is 19.9 Å². The molecule has 168 valence electrons. The number of H-pyrrole nitrogens is 1. The molecule has 1 heterocycles. The van der Waals surface area contributed by atoms with E-state index < -0.39 is 0 Å². The number of rotatable bonds is 5. The van der Waals surface area contributed by atoms with Gasteiger partial charge in [0.1, 0.15) is 5.75 Å². The molecule has 3 aromatic rings. The van der Waals surface area contributed by atoms with Gasteiger partial charge in [-0.15, -0.1) is 0 Å². The van der Waals surface area contributed by atoms with Gasteiger partial charge in [0, 0.05) is 17.3 Å². The SMILES string of the molecule is COc1ccc(NC(=O)N(Cc2cc3ccc(C)c(C)c3[nH]c2=O)C2CCCCC2)cc1. The van der Waals surface area contributed by atoms with E-state index in [1.165, 1.54) is 6.42 Å². The van der Waals surface area contributed by atoms with Gasteiger partial charge in [-0.25, -0.2) is 4.79 Å². The molecule has 1 saturated carbocycles. The number of hydrogen-bond acceptors (Lipinski definition) is 3. The number of carbonyl (C=O) groups is 1. The second-order valence-electron chi connectivity index (χ2n) is 8.67. The number of hydrogen-bond donors (Lipinski definition) is 2. The number of aryl methyl sites for hydroxylation is 2. The van der Waals surface area contributed by atoms with Crippen molar-refractivity contribution in [2.75, 3.05) is 12.4 Å². The standard InChI is InChI=1S/C26H31N3O3/c1-17-9-10-19-15-20(25(30)28-24(19)18(17)2)16-29(22-7-5-4-6-8-22)26(31)27-21-11-13-23(32-3)14-12-21/h9-15,22H,4-8,16H2,1-3H3,(H,27,31)(H,28,30). The maximum absolute atomic E-state index is 13.3. The summed E-state index contributed by atoms with van der Waals surface area (Å²) in [5.41, 5.74) is 4.26. The molecule has 2 amide bonds. The van der Waals surface area contributed by atoms with Crippen molar-refractivity contribution in [1.82, 2.24) is 9.88 Å². The Labute approximate surface area is 188 Å². The van der Waals surface area contributed by atoms with Crippen LogP contribution in [0.1, 0.15) is 48.8 Å². The average molecular weight is 434 g/mol. The van der Waals surface area contributed by atoms with Crippen molar-refractivity contribution in [3.63, 3.8) is 0 Å². The summed E-state index contributed by atoms with van der Waals surface area (Å²) < 4.78 is 5.20. The molecule has 1 aromatic heterocycles. The summed E-state index contributed by atoms with van der Waals surface area (Å²) >= 11 is 0. The van der Waals surface area contributed by atoms with Crippen molar-refractivity contribution in [2.24, 2.45) is 0 Å². The molecular formula is C26H31N3O3. The van der Waals surface area contributed by atoms with Crippen LogP contribution >= 0.6 is 0 Å². The Kier molecular flexibility index (Phi) is 6.49. The highest BCUT2D eigenvalue weighted by Gasteiger charge is 2.26. The van der Waals surface area contributed by atoms with Crippen LogP contribution in [0, 0.1) is 13.8 Å². The van der Waals surface area contributed by atoms with Gasteiger partial charge in [0.15, 0.2) is 0 Å². The molecule has 2 N–H and O–H groups in total. The second kappa shape index (κ2) is 9.47. The normalized spacial score (nSPS) is 14.3. The first-order valence-electron chi connectivity index (χ1n) is 11.3. The lowest BCUT2D eigenvalue weighted by atomic mass is 9.94. The lowest BCUT2D eigenvalue weighted by Gasteiger charge is -2.34. The first-order valence-corrected chi connectivity index (χ1v) is 11.3. The van der Waals surface area contributed by atoms with Crippen LogP contribution in [0.25, 0.3) is 10.9 Å². The number of benzene rings is 2. The Balaban J connectivity index is 1.63. The number of amides is 2. The lowest BCUT2D eigenvalue weighted by molar-refractivity contribution is 0.162. The van der Waals surface area contributed by atoms with Crippen LogP contribution in [0.3, 0.4) is 0 Å². The fraction of sp³-hybridized carbons (Fsp3) is 0.385.